The number of aromatic nitrogens is 4. The van der Waals surface area contributed by atoms with Crippen LogP contribution >= 0.6 is 35.0 Å². The van der Waals surface area contributed by atoms with Crippen LogP contribution in [-0.2, 0) is 17.0 Å². The Morgan fingerprint density at radius 2 is 2.00 bits per heavy atom. The molecule has 144 valence electrons. The lowest BCUT2D eigenvalue weighted by Gasteiger charge is -2.07. The summed E-state index contributed by atoms with van der Waals surface area (Å²) in [5.41, 5.74) is 2.59. The second kappa shape index (κ2) is 8.53. The van der Waals surface area contributed by atoms with Crippen LogP contribution < -0.4 is 0 Å². The van der Waals surface area contributed by atoms with E-state index >= 15 is 0 Å². The van der Waals surface area contributed by atoms with E-state index in [-0.39, 0.29) is 0 Å². The molecule has 9 heteroatoms. The van der Waals surface area contributed by atoms with Gasteiger partial charge in [-0.3, -0.25) is 0 Å². The molecule has 0 unspecified atom stereocenters. The highest BCUT2D eigenvalue weighted by molar-refractivity contribution is 7.98. The third-order valence-electron chi connectivity index (χ3n) is 4.10. The molecule has 0 aliphatic heterocycles. The minimum Gasteiger partial charge on any atom is -0.383 e. The number of benzene rings is 2. The van der Waals surface area contributed by atoms with Crippen molar-refractivity contribution in [3.05, 3.63) is 58.4 Å². The van der Waals surface area contributed by atoms with Gasteiger partial charge in [-0.25, -0.2) is 4.98 Å². The van der Waals surface area contributed by atoms with Gasteiger partial charge in [-0.2, -0.15) is 4.98 Å². The number of rotatable bonds is 7. The fourth-order valence-corrected chi connectivity index (χ4v) is 4.05. The topological polar surface area (TPSA) is 66.0 Å². The quantitative estimate of drug-likeness (QED) is 0.366. The highest BCUT2D eigenvalue weighted by Gasteiger charge is 2.15. The summed E-state index contributed by atoms with van der Waals surface area (Å²) in [5, 5.41) is 6.12. The maximum absolute atomic E-state index is 6.21. The van der Waals surface area contributed by atoms with Gasteiger partial charge in [0.2, 0.25) is 11.7 Å². The van der Waals surface area contributed by atoms with E-state index in [0.29, 0.717) is 40.7 Å². The summed E-state index contributed by atoms with van der Waals surface area (Å²) in [6.45, 7) is 1.27. The number of methoxy groups -OCH3 is 1. The average Bonchev–Trinajstić information content (AvgIpc) is 3.29. The SMILES string of the molecule is COCCn1c(SCc2nc(-c3ccccc3Cl)no2)nc2cc(Cl)ccc21. The Kier molecular flexibility index (Phi) is 5.87. The van der Waals surface area contributed by atoms with Gasteiger partial charge in [0.25, 0.3) is 0 Å². The summed E-state index contributed by atoms with van der Waals surface area (Å²) in [5.74, 6) is 1.46. The number of thioether (sulfide) groups is 1. The Balaban J connectivity index is 1.56. The molecule has 0 spiro atoms. The predicted molar refractivity (Wildman–Crippen MR) is 111 cm³/mol. The van der Waals surface area contributed by atoms with E-state index in [4.69, 9.17) is 37.4 Å². The summed E-state index contributed by atoms with van der Waals surface area (Å²) < 4.78 is 12.7. The second-order valence-electron chi connectivity index (χ2n) is 5.95. The molecule has 4 aromatic rings. The first-order chi connectivity index (χ1) is 13.7. The summed E-state index contributed by atoms with van der Waals surface area (Å²) in [7, 11) is 1.68. The Bertz CT molecular complexity index is 1110. The van der Waals surface area contributed by atoms with Gasteiger partial charge in [0.1, 0.15) is 0 Å². The van der Waals surface area contributed by atoms with Crippen molar-refractivity contribution < 1.29 is 9.26 Å². The van der Waals surface area contributed by atoms with Crippen molar-refractivity contribution in [1.29, 1.82) is 0 Å². The van der Waals surface area contributed by atoms with E-state index in [1.165, 1.54) is 11.8 Å². The Labute approximate surface area is 175 Å². The molecule has 4 rings (SSSR count). The molecule has 0 aliphatic carbocycles. The van der Waals surface area contributed by atoms with E-state index < -0.39 is 0 Å². The molecule has 0 saturated heterocycles. The molecule has 0 N–H and O–H groups in total. The lowest BCUT2D eigenvalue weighted by molar-refractivity contribution is 0.186. The minimum absolute atomic E-state index is 0.473. The van der Waals surface area contributed by atoms with Crippen LogP contribution in [0.15, 0.2) is 52.1 Å². The van der Waals surface area contributed by atoms with Crippen LogP contribution in [0.3, 0.4) is 0 Å². The Morgan fingerprint density at radius 3 is 2.82 bits per heavy atom. The first-order valence-corrected chi connectivity index (χ1v) is 10.2. The van der Waals surface area contributed by atoms with Crippen molar-refractivity contribution in [3.63, 3.8) is 0 Å². The summed E-state index contributed by atoms with van der Waals surface area (Å²) in [6.07, 6.45) is 0. The number of nitrogens with zero attached hydrogens (tertiary/aromatic N) is 4. The molecular weight excluding hydrogens is 419 g/mol. The zero-order chi connectivity index (χ0) is 19.5. The van der Waals surface area contributed by atoms with E-state index in [1.807, 2.05) is 36.4 Å². The zero-order valence-corrected chi connectivity index (χ0v) is 17.3. The van der Waals surface area contributed by atoms with Crippen LogP contribution in [0.2, 0.25) is 10.0 Å². The first-order valence-electron chi connectivity index (χ1n) is 8.50. The molecule has 6 nitrogen and oxygen atoms in total. The molecular formula is C19H16Cl2N4O2S. The molecule has 2 aromatic carbocycles. The predicted octanol–water partition coefficient (Wildman–Crippen LogP) is 5.33. The summed E-state index contributed by atoms with van der Waals surface area (Å²) in [6, 6.07) is 13.1. The molecule has 0 fully saturated rings. The molecule has 28 heavy (non-hydrogen) atoms. The molecule has 0 saturated carbocycles. The third kappa shape index (κ3) is 4.03. The molecule has 2 aromatic heterocycles. The van der Waals surface area contributed by atoms with Crippen molar-refractivity contribution in [1.82, 2.24) is 19.7 Å². The molecule has 2 heterocycles. The number of hydrogen-bond donors (Lipinski definition) is 0. The van der Waals surface area contributed by atoms with Gasteiger partial charge in [0, 0.05) is 24.2 Å². The largest absolute Gasteiger partial charge is 0.383 e. The molecule has 0 aliphatic rings. The van der Waals surface area contributed by atoms with Crippen LogP contribution in [0.4, 0.5) is 0 Å². The van der Waals surface area contributed by atoms with Crippen molar-refractivity contribution >= 4 is 46.0 Å². The number of ether oxygens (including phenoxy) is 1. The smallest absolute Gasteiger partial charge is 0.237 e. The minimum atomic E-state index is 0.473. The van der Waals surface area contributed by atoms with E-state index in [9.17, 15) is 0 Å². The van der Waals surface area contributed by atoms with Gasteiger partial charge in [-0.1, -0.05) is 52.3 Å². The highest BCUT2D eigenvalue weighted by Crippen LogP contribution is 2.29. The van der Waals surface area contributed by atoms with Crippen molar-refractivity contribution in [2.75, 3.05) is 13.7 Å². The highest BCUT2D eigenvalue weighted by atomic mass is 35.5. The lowest BCUT2D eigenvalue weighted by atomic mass is 10.2. The number of halogens is 2. The Morgan fingerprint density at radius 1 is 1.14 bits per heavy atom. The van der Waals surface area contributed by atoms with E-state index in [0.717, 1.165) is 21.8 Å². The van der Waals surface area contributed by atoms with Crippen molar-refractivity contribution in [3.8, 4) is 11.4 Å². The fourth-order valence-electron chi connectivity index (χ4n) is 2.78. The lowest BCUT2D eigenvalue weighted by Crippen LogP contribution is -2.05. The fraction of sp³-hybridized carbons (Fsp3) is 0.211. The van der Waals surface area contributed by atoms with Gasteiger partial charge in [-0.05, 0) is 30.3 Å². The van der Waals surface area contributed by atoms with Crippen molar-refractivity contribution in [2.45, 2.75) is 17.5 Å². The van der Waals surface area contributed by atoms with Crippen LogP contribution in [-0.4, -0.2) is 33.4 Å². The zero-order valence-electron chi connectivity index (χ0n) is 14.9. The summed E-state index contributed by atoms with van der Waals surface area (Å²) in [4.78, 5) is 9.15. The normalized spacial score (nSPS) is 11.4. The van der Waals surface area contributed by atoms with Crippen LogP contribution in [0.1, 0.15) is 5.89 Å². The van der Waals surface area contributed by atoms with Gasteiger partial charge in [0.15, 0.2) is 5.16 Å². The third-order valence-corrected chi connectivity index (χ3v) is 5.63. The van der Waals surface area contributed by atoms with Gasteiger partial charge in [-0.15, -0.1) is 0 Å². The maximum Gasteiger partial charge on any atom is 0.237 e. The van der Waals surface area contributed by atoms with Gasteiger partial charge >= 0.3 is 0 Å². The van der Waals surface area contributed by atoms with Crippen LogP contribution in [0.25, 0.3) is 22.4 Å². The van der Waals surface area contributed by atoms with E-state index in [1.54, 1.807) is 13.2 Å². The standard InChI is InChI=1S/C19H16Cl2N4O2S/c1-26-9-8-25-16-7-6-12(20)10-15(16)22-19(25)28-11-17-23-18(24-27-17)13-4-2-3-5-14(13)21/h2-7,10H,8-9,11H2,1H3. The Hall–Kier alpha value is -2.06. The van der Waals surface area contributed by atoms with Crippen LogP contribution in [0, 0.1) is 0 Å². The number of imidazole rings is 1. The molecule has 0 bridgehead atoms. The van der Waals surface area contributed by atoms with Gasteiger partial charge in [0.05, 0.1) is 28.4 Å². The first kappa shape index (κ1) is 19.3. The van der Waals surface area contributed by atoms with Crippen molar-refractivity contribution in [2.24, 2.45) is 0 Å². The monoisotopic (exact) mass is 434 g/mol. The molecule has 0 atom stereocenters. The number of hydrogen-bond acceptors (Lipinski definition) is 6. The van der Waals surface area contributed by atoms with Crippen LogP contribution in [0.5, 0.6) is 0 Å². The maximum atomic E-state index is 6.21. The second-order valence-corrected chi connectivity index (χ2v) is 7.74. The van der Waals surface area contributed by atoms with Gasteiger partial charge < -0.3 is 13.8 Å². The average molecular weight is 435 g/mol. The summed E-state index contributed by atoms with van der Waals surface area (Å²) >= 11 is 13.8. The molecule has 0 radical (unpaired) electrons. The number of fused-ring (bicyclic) bond motifs is 1. The van der Waals surface area contributed by atoms with E-state index in [2.05, 4.69) is 14.7 Å². The molecule has 0 amide bonds.